The molecular weight excluding hydrogens is 303 g/mol. The van der Waals surface area contributed by atoms with E-state index in [1.165, 1.54) is 37.7 Å². The topological polar surface area (TPSA) is 17.1 Å². The smallest absolute Gasteiger partial charge is 0.253 e. The number of halogens is 3. The maximum atomic E-state index is 11.7. The average molecular weight is 322 g/mol. The first-order chi connectivity index (χ1) is 8.95. The van der Waals surface area contributed by atoms with E-state index in [1.54, 1.807) is 12.1 Å². The standard InChI is InChI=1S/C15H19Cl3O/c1-2-3-4-5-6-7-12-8-10-13(11-9-12)14(19)15(16,17)18/h8-11H,2-7H2,1H3. The second-order valence-corrected chi connectivity index (χ2v) is 6.97. The summed E-state index contributed by atoms with van der Waals surface area (Å²) >= 11 is 16.7. The zero-order valence-corrected chi connectivity index (χ0v) is 13.4. The highest BCUT2D eigenvalue weighted by Gasteiger charge is 2.31. The highest BCUT2D eigenvalue weighted by atomic mass is 35.6. The Hall–Kier alpha value is -0.240. The fourth-order valence-electron chi connectivity index (χ4n) is 1.92. The normalized spacial score (nSPS) is 11.6. The molecule has 1 aromatic rings. The molecule has 0 N–H and O–H groups in total. The summed E-state index contributed by atoms with van der Waals surface area (Å²) in [4.78, 5) is 11.7. The monoisotopic (exact) mass is 320 g/mol. The minimum Gasteiger partial charge on any atom is -0.289 e. The number of hydrogen-bond acceptors (Lipinski definition) is 1. The van der Waals surface area contributed by atoms with Crippen LogP contribution in [0.1, 0.15) is 54.9 Å². The molecule has 4 heteroatoms. The maximum Gasteiger partial charge on any atom is 0.253 e. The highest BCUT2D eigenvalue weighted by Crippen LogP contribution is 2.30. The van der Waals surface area contributed by atoms with Gasteiger partial charge in [0.2, 0.25) is 5.78 Å². The van der Waals surface area contributed by atoms with Gasteiger partial charge in [-0.1, -0.05) is 91.7 Å². The van der Waals surface area contributed by atoms with Crippen molar-refractivity contribution in [1.29, 1.82) is 0 Å². The Labute approximate surface area is 130 Å². The van der Waals surface area contributed by atoms with Crippen LogP contribution < -0.4 is 0 Å². The van der Waals surface area contributed by atoms with Crippen LogP contribution in [0.2, 0.25) is 0 Å². The molecule has 0 atom stereocenters. The van der Waals surface area contributed by atoms with E-state index in [4.69, 9.17) is 34.8 Å². The SMILES string of the molecule is CCCCCCCc1ccc(C(=O)C(Cl)(Cl)Cl)cc1. The molecule has 0 aliphatic heterocycles. The molecule has 0 spiro atoms. The zero-order valence-electron chi connectivity index (χ0n) is 11.1. The predicted molar refractivity (Wildman–Crippen MR) is 83.5 cm³/mol. The van der Waals surface area contributed by atoms with Gasteiger partial charge < -0.3 is 0 Å². The fourth-order valence-corrected chi connectivity index (χ4v) is 2.25. The number of unbranched alkanes of at least 4 members (excludes halogenated alkanes) is 4. The summed E-state index contributed by atoms with van der Waals surface area (Å²) in [5.41, 5.74) is 1.66. The van der Waals surface area contributed by atoms with Crippen molar-refractivity contribution in [2.24, 2.45) is 0 Å². The van der Waals surface area contributed by atoms with Crippen LogP contribution in [-0.2, 0) is 6.42 Å². The number of hydrogen-bond donors (Lipinski definition) is 0. The summed E-state index contributed by atoms with van der Waals surface area (Å²) in [6, 6.07) is 7.32. The molecule has 1 aromatic carbocycles. The molecule has 0 fully saturated rings. The molecule has 1 rings (SSSR count). The van der Waals surface area contributed by atoms with E-state index in [1.807, 2.05) is 12.1 Å². The number of carbonyl (C=O) groups is 1. The maximum absolute atomic E-state index is 11.7. The predicted octanol–water partition coefficient (Wildman–Crippen LogP) is 5.75. The third kappa shape index (κ3) is 6.16. The van der Waals surface area contributed by atoms with Crippen molar-refractivity contribution in [2.75, 3.05) is 0 Å². The van der Waals surface area contributed by atoms with Crippen molar-refractivity contribution in [2.45, 2.75) is 49.2 Å². The van der Waals surface area contributed by atoms with Crippen molar-refractivity contribution in [3.63, 3.8) is 0 Å². The summed E-state index contributed by atoms with van der Waals surface area (Å²) < 4.78 is -1.87. The van der Waals surface area contributed by atoms with E-state index in [-0.39, 0.29) is 0 Å². The van der Waals surface area contributed by atoms with Crippen LogP contribution in [0.3, 0.4) is 0 Å². The molecule has 0 bridgehead atoms. The lowest BCUT2D eigenvalue weighted by atomic mass is 10.0. The average Bonchev–Trinajstić information content (AvgIpc) is 2.37. The van der Waals surface area contributed by atoms with Crippen LogP contribution in [0.15, 0.2) is 24.3 Å². The molecule has 0 saturated heterocycles. The Bertz CT molecular complexity index is 393. The first-order valence-electron chi connectivity index (χ1n) is 6.65. The minimum atomic E-state index is -1.87. The van der Waals surface area contributed by atoms with Gasteiger partial charge in [0.15, 0.2) is 0 Å². The van der Waals surface area contributed by atoms with Gasteiger partial charge in [-0.25, -0.2) is 0 Å². The Kier molecular flexibility index (Phi) is 7.20. The second kappa shape index (κ2) is 8.14. The Balaban J connectivity index is 2.46. The van der Waals surface area contributed by atoms with Gasteiger partial charge >= 0.3 is 0 Å². The number of rotatable bonds is 7. The molecule has 0 heterocycles. The van der Waals surface area contributed by atoms with E-state index >= 15 is 0 Å². The molecule has 0 aliphatic carbocycles. The molecule has 106 valence electrons. The van der Waals surface area contributed by atoms with Gasteiger partial charge in [-0.15, -0.1) is 0 Å². The minimum absolute atomic E-state index is 0.440. The van der Waals surface area contributed by atoms with Crippen LogP contribution in [-0.4, -0.2) is 9.58 Å². The Morgan fingerprint density at radius 2 is 1.58 bits per heavy atom. The quantitative estimate of drug-likeness (QED) is 0.355. The number of ketones is 1. The van der Waals surface area contributed by atoms with Gasteiger partial charge in [0, 0.05) is 5.56 Å². The van der Waals surface area contributed by atoms with Crippen LogP contribution in [0.25, 0.3) is 0 Å². The van der Waals surface area contributed by atoms with Gasteiger partial charge in [-0.05, 0) is 18.4 Å². The fraction of sp³-hybridized carbons (Fsp3) is 0.533. The van der Waals surface area contributed by atoms with Crippen LogP contribution in [0.5, 0.6) is 0 Å². The number of aryl methyl sites for hydroxylation is 1. The van der Waals surface area contributed by atoms with E-state index in [9.17, 15) is 4.79 Å². The summed E-state index contributed by atoms with van der Waals surface area (Å²) in [6.45, 7) is 2.21. The molecule has 19 heavy (non-hydrogen) atoms. The van der Waals surface area contributed by atoms with Gasteiger partial charge in [-0.3, -0.25) is 4.79 Å². The lowest BCUT2D eigenvalue weighted by Gasteiger charge is -2.09. The summed E-state index contributed by atoms with van der Waals surface area (Å²) in [5.74, 6) is -0.480. The van der Waals surface area contributed by atoms with E-state index in [0.29, 0.717) is 5.56 Å². The van der Waals surface area contributed by atoms with Gasteiger partial charge in [0.1, 0.15) is 0 Å². The van der Waals surface area contributed by atoms with E-state index < -0.39 is 9.58 Å². The van der Waals surface area contributed by atoms with Crippen molar-refractivity contribution < 1.29 is 4.79 Å². The molecular formula is C15H19Cl3O. The third-order valence-electron chi connectivity index (χ3n) is 3.04. The van der Waals surface area contributed by atoms with Crippen molar-refractivity contribution in [1.82, 2.24) is 0 Å². The van der Waals surface area contributed by atoms with Gasteiger partial charge in [0.25, 0.3) is 3.79 Å². The van der Waals surface area contributed by atoms with Crippen molar-refractivity contribution in [3.8, 4) is 0 Å². The molecule has 1 nitrogen and oxygen atoms in total. The third-order valence-corrected chi connectivity index (χ3v) is 3.56. The van der Waals surface area contributed by atoms with Crippen LogP contribution in [0, 0.1) is 0 Å². The summed E-state index contributed by atoms with van der Waals surface area (Å²) in [6.07, 6.45) is 7.32. The molecule has 0 radical (unpaired) electrons. The molecule has 0 aromatic heterocycles. The number of carbonyl (C=O) groups excluding carboxylic acids is 1. The van der Waals surface area contributed by atoms with E-state index in [0.717, 1.165) is 6.42 Å². The largest absolute Gasteiger partial charge is 0.289 e. The first kappa shape index (κ1) is 16.8. The summed E-state index contributed by atoms with van der Waals surface area (Å²) in [7, 11) is 0. The zero-order chi connectivity index (χ0) is 14.3. The number of alkyl halides is 3. The lowest BCUT2D eigenvalue weighted by Crippen LogP contribution is -2.18. The molecule has 0 unspecified atom stereocenters. The molecule has 0 saturated carbocycles. The Morgan fingerprint density at radius 1 is 1.00 bits per heavy atom. The van der Waals surface area contributed by atoms with Crippen LogP contribution in [0.4, 0.5) is 0 Å². The Morgan fingerprint density at radius 3 is 2.11 bits per heavy atom. The molecule has 0 amide bonds. The summed E-state index contributed by atoms with van der Waals surface area (Å²) in [5, 5.41) is 0. The van der Waals surface area contributed by atoms with E-state index in [2.05, 4.69) is 6.92 Å². The van der Waals surface area contributed by atoms with Crippen molar-refractivity contribution in [3.05, 3.63) is 35.4 Å². The number of Topliss-reactive ketones (excluding diaryl/α,β-unsaturated/α-hetero) is 1. The van der Waals surface area contributed by atoms with Gasteiger partial charge in [0.05, 0.1) is 0 Å². The second-order valence-electron chi connectivity index (χ2n) is 4.69. The lowest BCUT2D eigenvalue weighted by molar-refractivity contribution is 0.0996. The molecule has 0 aliphatic rings. The van der Waals surface area contributed by atoms with Crippen LogP contribution >= 0.6 is 34.8 Å². The first-order valence-corrected chi connectivity index (χ1v) is 7.79. The van der Waals surface area contributed by atoms with Crippen molar-refractivity contribution >= 4 is 40.6 Å². The van der Waals surface area contributed by atoms with Gasteiger partial charge in [-0.2, -0.15) is 0 Å². The number of benzene rings is 1. The highest BCUT2D eigenvalue weighted by molar-refractivity contribution is 6.77.